The molecule has 1 unspecified atom stereocenters. The molecule has 0 fully saturated rings. The zero-order valence-electron chi connectivity index (χ0n) is 13.6. The smallest absolute Gasteiger partial charge is 0.224 e. The summed E-state index contributed by atoms with van der Waals surface area (Å²) in [6.07, 6.45) is 0.354. The van der Waals surface area contributed by atoms with E-state index in [4.69, 9.17) is 4.74 Å². The number of amides is 1. The van der Waals surface area contributed by atoms with Crippen LogP contribution in [0.25, 0.3) is 0 Å². The minimum Gasteiger partial charge on any atom is -0.496 e. The molecule has 2 aromatic carbocycles. The van der Waals surface area contributed by atoms with Gasteiger partial charge in [0.05, 0.1) is 19.6 Å². The molecule has 0 aliphatic rings. The average molecular weight is 297 g/mol. The van der Waals surface area contributed by atoms with Gasteiger partial charge >= 0.3 is 0 Å². The van der Waals surface area contributed by atoms with E-state index in [-0.39, 0.29) is 11.9 Å². The molecule has 0 saturated heterocycles. The number of hydrogen-bond donors (Lipinski definition) is 1. The minimum absolute atomic E-state index is 0.000967. The van der Waals surface area contributed by atoms with Crippen LogP contribution in [0, 0.1) is 13.8 Å². The number of rotatable bonds is 5. The molecule has 0 aliphatic carbocycles. The predicted molar refractivity (Wildman–Crippen MR) is 89.2 cm³/mol. The van der Waals surface area contributed by atoms with Crippen molar-refractivity contribution in [2.75, 3.05) is 7.11 Å². The maximum absolute atomic E-state index is 12.2. The first-order valence-electron chi connectivity index (χ1n) is 7.49. The van der Waals surface area contributed by atoms with Gasteiger partial charge in [-0.1, -0.05) is 36.4 Å². The van der Waals surface area contributed by atoms with Crippen LogP contribution in [0.2, 0.25) is 0 Å². The molecule has 3 heteroatoms. The molecular weight excluding hydrogens is 274 g/mol. The Bertz CT molecular complexity index is 664. The normalized spacial score (nSPS) is 11.8. The van der Waals surface area contributed by atoms with E-state index in [0.29, 0.717) is 6.42 Å². The van der Waals surface area contributed by atoms with Crippen molar-refractivity contribution in [3.8, 4) is 5.75 Å². The van der Waals surface area contributed by atoms with Crippen molar-refractivity contribution in [3.05, 3.63) is 64.7 Å². The van der Waals surface area contributed by atoms with Gasteiger partial charge in [-0.15, -0.1) is 0 Å². The summed E-state index contributed by atoms with van der Waals surface area (Å²) in [5.74, 6) is 0.832. The Labute approximate surface area is 132 Å². The van der Waals surface area contributed by atoms with Crippen LogP contribution in [0.1, 0.15) is 35.2 Å². The van der Waals surface area contributed by atoms with E-state index in [0.717, 1.165) is 22.4 Å². The van der Waals surface area contributed by atoms with E-state index in [9.17, 15) is 4.79 Å². The highest BCUT2D eigenvalue weighted by Gasteiger charge is 2.12. The lowest BCUT2D eigenvalue weighted by atomic mass is 10.0. The highest BCUT2D eigenvalue weighted by Crippen LogP contribution is 2.20. The Hall–Kier alpha value is -2.29. The van der Waals surface area contributed by atoms with Crippen LogP contribution in [0.5, 0.6) is 5.75 Å². The van der Waals surface area contributed by atoms with E-state index in [1.165, 1.54) is 5.56 Å². The second kappa shape index (κ2) is 7.12. The van der Waals surface area contributed by atoms with Gasteiger partial charge in [0, 0.05) is 0 Å². The molecule has 2 rings (SSSR count). The number of methoxy groups -OCH3 is 1. The van der Waals surface area contributed by atoms with Gasteiger partial charge < -0.3 is 10.1 Å². The Morgan fingerprint density at radius 3 is 2.55 bits per heavy atom. The SMILES string of the molecule is COc1cc(CC(=O)NC(C)c2ccccc2C)ccc1C. The van der Waals surface area contributed by atoms with Crippen molar-refractivity contribution in [2.45, 2.75) is 33.2 Å². The van der Waals surface area contributed by atoms with Crippen molar-refractivity contribution in [1.29, 1.82) is 0 Å². The van der Waals surface area contributed by atoms with Crippen LogP contribution in [0.4, 0.5) is 0 Å². The quantitative estimate of drug-likeness (QED) is 0.913. The number of aryl methyl sites for hydroxylation is 2. The Balaban J connectivity index is 2.03. The minimum atomic E-state index is 0.000967. The largest absolute Gasteiger partial charge is 0.496 e. The molecule has 0 aromatic heterocycles. The summed E-state index contributed by atoms with van der Waals surface area (Å²) in [7, 11) is 1.65. The molecule has 0 heterocycles. The van der Waals surface area contributed by atoms with Crippen LogP contribution in [-0.2, 0) is 11.2 Å². The van der Waals surface area contributed by atoms with Gasteiger partial charge in [-0.05, 0) is 49.1 Å². The van der Waals surface area contributed by atoms with Crippen LogP contribution in [0.15, 0.2) is 42.5 Å². The summed E-state index contributed by atoms with van der Waals surface area (Å²) in [5.41, 5.74) is 4.36. The first-order chi connectivity index (χ1) is 10.5. The van der Waals surface area contributed by atoms with Crippen molar-refractivity contribution < 1.29 is 9.53 Å². The van der Waals surface area contributed by atoms with Gasteiger partial charge in [-0.2, -0.15) is 0 Å². The van der Waals surface area contributed by atoms with Gasteiger partial charge in [-0.3, -0.25) is 4.79 Å². The zero-order chi connectivity index (χ0) is 16.1. The van der Waals surface area contributed by atoms with Gasteiger partial charge in [0.25, 0.3) is 0 Å². The number of nitrogens with one attached hydrogen (secondary N) is 1. The number of hydrogen-bond acceptors (Lipinski definition) is 2. The summed E-state index contributed by atoms with van der Waals surface area (Å²) < 4.78 is 5.30. The molecule has 0 bridgehead atoms. The summed E-state index contributed by atoms with van der Waals surface area (Å²) in [6.45, 7) is 6.06. The fraction of sp³-hybridized carbons (Fsp3) is 0.316. The second-order valence-electron chi connectivity index (χ2n) is 5.63. The van der Waals surface area contributed by atoms with Crippen molar-refractivity contribution in [3.63, 3.8) is 0 Å². The number of carbonyl (C=O) groups excluding carboxylic acids is 1. The topological polar surface area (TPSA) is 38.3 Å². The number of carbonyl (C=O) groups is 1. The molecule has 3 nitrogen and oxygen atoms in total. The second-order valence-corrected chi connectivity index (χ2v) is 5.63. The lowest BCUT2D eigenvalue weighted by Gasteiger charge is -2.17. The van der Waals surface area contributed by atoms with E-state index in [2.05, 4.69) is 24.4 Å². The molecule has 1 amide bonds. The third-order valence-corrected chi connectivity index (χ3v) is 3.87. The highest BCUT2D eigenvalue weighted by atomic mass is 16.5. The molecule has 0 spiro atoms. The van der Waals surface area contributed by atoms with E-state index in [1.807, 2.05) is 44.2 Å². The molecule has 22 heavy (non-hydrogen) atoms. The van der Waals surface area contributed by atoms with Gasteiger partial charge in [0.1, 0.15) is 5.75 Å². The summed E-state index contributed by atoms with van der Waals surface area (Å²) in [4.78, 5) is 12.2. The summed E-state index contributed by atoms with van der Waals surface area (Å²) in [5, 5.41) is 3.06. The first-order valence-corrected chi connectivity index (χ1v) is 7.49. The van der Waals surface area contributed by atoms with Crippen molar-refractivity contribution in [2.24, 2.45) is 0 Å². The lowest BCUT2D eigenvalue weighted by Crippen LogP contribution is -2.28. The Kier molecular flexibility index (Phi) is 5.21. The molecular formula is C19H23NO2. The number of benzene rings is 2. The molecule has 0 radical (unpaired) electrons. The zero-order valence-corrected chi connectivity index (χ0v) is 13.6. The Morgan fingerprint density at radius 2 is 1.86 bits per heavy atom. The van der Waals surface area contributed by atoms with Gasteiger partial charge in [0.15, 0.2) is 0 Å². The molecule has 0 aliphatic heterocycles. The highest BCUT2D eigenvalue weighted by molar-refractivity contribution is 5.79. The fourth-order valence-corrected chi connectivity index (χ4v) is 2.60. The molecule has 2 aromatic rings. The van der Waals surface area contributed by atoms with Gasteiger partial charge in [-0.25, -0.2) is 0 Å². The monoisotopic (exact) mass is 297 g/mol. The summed E-state index contributed by atoms with van der Waals surface area (Å²) in [6, 6.07) is 14.0. The lowest BCUT2D eigenvalue weighted by molar-refractivity contribution is -0.121. The van der Waals surface area contributed by atoms with Crippen LogP contribution in [-0.4, -0.2) is 13.0 Å². The first kappa shape index (κ1) is 16.1. The van der Waals surface area contributed by atoms with Crippen molar-refractivity contribution in [1.82, 2.24) is 5.32 Å². The van der Waals surface area contributed by atoms with Gasteiger partial charge in [0.2, 0.25) is 5.91 Å². The van der Waals surface area contributed by atoms with E-state index >= 15 is 0 Å². The summed E-state index contributed by atoms with van der Waals surface area (Å²) >= 11 is 0. The maximum Gasteiger partial charge on any atom is 0.224 e. The van der Waals surface area contributed by atoms with E-state index < -0.39 is 0 Å². The number of ether oxygens (including phenoxy) is 1. The molecule has 1 N–H and O–H groups in total. The van der Waals surface area contributed by atoms with E-state index in [1.54, 1.807) is 7.11 Å². The van der Waals surface area contributed by atoms with Crippen LogP contribution < -0.4 is 10.1 Å². The van der Waals surface area contributed by atoms with Crippen molar-refractivity contribution >= 4 is 5.91 Å². The predicted octanol–water partition coefficient (Wildman–Crippen LogP) is 3.73. The standard InChI is InChI=1S/C19H23NO2/c1-13-7-5-6-8-17(13)15(3)20-19(21)12-16-10-9-14(2)18(11-16)22-4/h5-11,15H,12H2,1-4H3,(H,20,21). The Morgan fingerprint density at radius 1 is 1.14 bits per heavy atom. The molecule has 116 valence electrons. The average Bonchev–Trinajstić information content (AvgIpc) is 2.49. The molecule has 0 saturated carbocycles. The van der Waals surface area contributed by atoms with Crippen LogP contribution in [0.3, 0.4) is 0 Å². The fourth-order valence-electron chi connectivity index (χ4n) is 2.60. The third-order valence-electron chi connectivity index (χ3n) is 3.87. The van der Waals surface area contributed by atoms with Crippen LogP contribution >= 0.6 is 0 Å². The maximum atomic E-state index is 12.2. The molecule has 1 atom stereocenters. The third kappa shape index (κ3) is 3.88.